The van der Waals surface area contributed by atoms with Crippen LogP contribution in [-0.2, 0) is 28.6 Å². The summed E-state index contributed by atoms with van der Waals surface area (Å²) in [5, 5.41) is 21.3. The number of aliphatic hydroxyl groups excluding tert-OH is 1. The van der Waals surface area contributed by atoms with Gasteiger partial charge in [-0.1, -0.05) is 23.8 Å². The number of hydrogen-bond donors (Lipinski definition) is 2. The van der Waals surface area contributed by atoms with E-state index in [1.54, 1.807) is 26.0 Å². The van der Waals surface area contributed by atoms with E-state index in [0.717, 1.165) is 11.6 Å². The number of carbonyl (C=O) groups is 2. The van der Waals surface area contributed by atoms with E-state index in [9.17, 15) is 28.2 Å². The van der Waals surface area contributed by atoms with Crippen molar-refractivity contribution in [1.82, 2.24) is 0 Å². The minimum absolute atomic E-state index is 0.109. The van der Waals surface area contributed by atoms with Crippen molar-refractivity contribution < 1.29 is 46.6 Å². The van der Waals surface area contributed by atoms with Crippen LogP contribution in [0.4, 0.5) is 0 Å². The molecular weight excluding hydrogens is 504 g/mol. The largest absolute Gasteiger partial charge is 0.507 e. The maximum absolute atomic E-state index is 13.0. The number of phenolic OH excluding ortho intramolecular Hbond substituents is 1. The zero-order valence-corrected chi connectivity index (χ0v) is 21.3. The number of benzene rings is 2. The first-order valence-corrected chi connectivity index (χ1v) is 13.1. The zero-order valence-electron chi connectivity index (χ0n) is 20.5. The fourth-order valence-corrected chi connectivity index (χ4v) is 5.19. The summed E-state index contributed by atoms with van der Waals surface area (Å²) in [6, 6.07) is 8.73. The van der Waals surface area contributed by atoms with E-state index in [1.165, 1.54) is 37.5 Å². The van der Waals surface area contributed by atoms with Gasteiger partial charge in [-0.2, -0.15) is 8.42 Å². The summed E-state index contributed by atoms with van der Waals surface area (Å²) in [6.07, 6.45) is -3.02. The number of epoxide rings is 1. The lowest BCUT2D eigenvalue weighted by Gasteiger charge is -2.21. The Morgan fingerprint density at radius 3 is 2.49 bits per heavy atom. The molecule has 2 aliphatic heterocycles. The van der Waals surface area contributed by atoms with Crippen LogP contribution >= 0.6 is 0 Å². The third kappa shape index (κ3) is 6.02. The Morgan fingerprint density at radius 2 is 1.81 bits per heavy atom. The first-order valence-electron chi connectivity index (χ1n) is 11.7. The number of methoxy groups -OCH3 is 1. The number of hydrogen-bond acceptors (Lipinski definition) is 10. The molecule has 2 aromatic carbocycles. The van der Waals surface area contributed by atoms with E-state index in [-0.39, 0.29) is 40.4 Å². The molecule has 0 aliphatic carbocycles. The lowest BCUT2D eigenvalue weighted by Crippen LogP contribution is -2.38. The van der Waals surface area contributed by atoms with Crippen LogP contribution in [0.2, 0.25) is 0 Å². The number of phenols is 1. The molecule has 1 fully saturated rings. The highest BCUT2D eigenvalue weighted by Gasteiger charge is 2.47. The van der Waals surface area contributed by atoms with Crippen molar-refractivity contribution >= 4 is 21.9 Å². The minimum atomic E-state index is -4.34. The highest BCUT2D eigenvalue weighted by molar-refractivity contribution is 7.86. The quantitative estimate of drug-likeness (QED) is 0.342. The summed E-state index contributed by atoms with van der Waals surface area (Å²) in [7, 11) is -2.95. The maximum atomic E-state index is 13.0. The number of rotatable bonds is 4. The molecule has 11 heteroatoms. The second kappa shape index (κ2) is 10.6. The summed E-state index contributed by atoms with van der Waals surface area (Å²) >= 11 is 0. The summed E-state index contributed by atoms with van der Waals surface area (Å²) < 4.78 is 47.6. The standard InChI is InChI=1S/C26H28O10S/c1-14-7-9-17(10-8-14)37(31,32)36-21-13-22-25(35-22)18-11-16(33-3)12-20(28)23(18)26(30)34-15(2)5-4-6-19(27)24(21)29/h4,6-12,15,21-22,24-25,28-29H,5,13H2,1-3H3/b6-4-/t15-,21-,22+,24+,25+/m0/s1. The average molecular weight is 533 g/mol. The van der Waals surface area contributed by atoms with Crippen molar-refractivity contribution in [3.63, 3.8) is 0 Å². The van der Waals surface area contributed by atoms with Gasteiger partial charge in [0.15, 0.2) is 5.78 Å². The third-order valence-electron chi connectivity index (χ3n) is 6.18. The Kier molecular flexibility index (Phi) is 7.69. The van der Waals surface area contributed by atoms with Crippen LogP contribution in [0.1, 0.15) is 47.4 Å². The van der Waals surface area contributed by atoms with Crippen molar-refractivity contribution in [2.24, 2.45) is 0 Å². The number of esters is 1. The van der Waals surface area contributed by atoms with Gasteiger partial charge in [0.2, 0.25) is 0 Å². The van der Waals surface area contributed by atoms with E-state index in [2.05, 4.69) is 0 Å². The third-order valence-corrected chi connectivity index (χ3v) is 7.53. The minimum Gasteiger partial charge on any atom is -0.507 e. The van der Waals surface area contributed by atoms with Gasteiger partial charge in [-0.3, -0.25) is 8.98 Å². The molecular formula is C26H28O10S. The zero-order chi connectivity index (χ0) is 26.9. The Labute approximate surface area is 214 Å². The van der Waals surface area contributed by atoms with Crippen molar-refractivity contribution in [3.05, 3.63) is 65.2 Å². The summed E-state index contributed by atoms with van der Waals surface area (Å²) in [6.45, 7) is 3.40. The molecule has 0 aromatic heterocycles. The molecule has 198 valence electrons. The molecule has 10 nitrogen and oxygen atoms in total. The number of ether oxygens (including phenoxy) is 3. The Bertz CT molecular complexity index is 1320. The molecule has 2 heterocycles. The lowest BCUT2D eigenvalue weighted by atomic mass is 9.97. The second-order valence-corrected chi connectivity index (χ2v) is 10.6. The normalized spacial score (nSPS) is 27.3. The predicted molar refractivity (Wildman–Crippen MR) is 130 cm³/mol. The number of fused-ring (bicyclic) bond motifs is 3. The van der Waals surface area contributed by atoms with Gasteiger partial charge in [-0.05, 0) is 38.1 Å². The second-order valence-electron chi connectivity index (χ2n) is 9.04. The van der Waals surface area contributed by atoms with Gasteiger partial charge in [-0.15, -0.1) is 0 Å². The number of aromatic hydroxyl groups is 1. The van der Waals surface area contributed by atoms with Crippen LogP contribution in [0.3, 0.4) is 0 Å². The van der Waals surface area contributed by atoms with Crippen LogP contribution in [0.25, 0.3) is 0 Å². The van der Waals surface area contributed by atoms with E-state index in [4.69, 9.17) is 18.4 Å². The molecule has 4 rings (SSSR count). The van der Waals surface area contributed by atoms with E-state index < -0.39 is 52.4 Å². The van der Waals surface area contributed by atoms with Gasteiger partial charge in [-0.25, -0.2) is 4.79 Å². The molecule has 37 heavy (non-hydrogen) atoms. The highest BCUT2D eigenvalue weighted by atomic mass is 32.2. The lowest BCUT2D eigenvalue weighted by molar-refractivity contribution is -0.127. The number of aryl methyl sites for hydroxylation is 1. The number of cyclic esters (lactones) is 1. The van der Waals surface area contributed by atoms with Gasteiger partial charge >= 0.3 is 5.97 Å². The van der Waals surface area contributed by atoms with Crippen molar-refractivity contribution in [2.75, 3.05) is 7.11 Å². The van der Waals surface area contributed by atoms with Crippen LogP contribution in [0.5, 0.6) is 11.5 Å². The molecule has 0 amide bonds. The molecule has 0 saturated carbocycles. The molecule has 5 atom stereocenters. The summed E-state index contributed by atoms with van der Waals surface area (Å²) in [5.41, 5.74) is 1.01. The van der Waals surface area contributed by atoms with Crippen molar-refractivity contribution in [2.45, 2.75) is 62.1 Å². The van der Waals surface area contributed by atoms with E-state index >= 15 is 0 Å². The molecule has 2 aliphatic rings. The summed E-state index contributed by atoms with van der Waals surface area (Å²) in [4.78, 5) is 25.4. The highest BCUT2D eigenvalue weighted by Crippen LogP contribution is 2.47. The van der Waals surface area contributed by atoms with Crippen LogP contribution in [-0.4, -0.2) is 61.9 Å². The number of ketones is 1. The van der Waals surface area contributed by atoms with Gasteiger partial charge in [0.05, 0.1) is 18.1 Å². The van der Waals surface area contributed by atoms with E-state index in [1.807, 2.05) is 0 Å². The fourth-order valence-electron chi connectivity index (χ4n) is 4.10. The van der Waals surface area contributed by atoms with Gasteiger partial charge in [0.25, 0.3) is 10.1 Å². The SMILES string of the molecule is COc1cc(O)c2c(c1)[C@H]1O[C@@H]1C[C@H](OS(=O)(=O)c1ccc(C)cc1)[C@H](O)C(=O)/C=C\C[C@H](C)OC2=O. The van der Waals surface area contributed by atoms with Gasteiger partial charge in [0, 0.05) is 24.5 Å². The van der Waals surface area contributed by atoms with Crippen molar-refractivity contribution in [1.29, 1.82) is 0 Å². The first kappa shape index (κ1) is 26.8. The van der Waals surface area contributed by atoms with E-state index in [0.29, 0.717) is 0 Å². The van der Waals surface area contributed by atoms with Crippen LogP contribution < -0.4 is 4.74 Å². The Balaban J connectivity index is 1.70. The molecule has 0 bridgehead atoms. The summed E-state index contributed by atoms with van der Waals surface area (Å²) in [5.74, 6) is -1.66. The van der Waals surface area contributed by atoms with Gasteiger partial charge < -0.3 is 24.4 Å². The van der Waals surface area contributed by atoms with Gasteiger partial charge in [0.1, 0.15) is 41.5 Å². The number of carbonyl (C=O) groups excluding carboxylic acids is 2. The maximum Gasteiger partial charge on any atom is 0.342 e. The smallest absolute Gasteiger partial charge is 0.342 e. The first-order chi connectivity index (χ1) is 17.5. The Hall–Kier alpha value is -3.25. The average Bonchev–Trinajstić information content (AvgIpc) is 3.61. The van der Waals surface area contributed by atoms with Crippen LogP contribution in [0.15, 0.2) is 53.4 Å². The predicted octanol–water partition coefficient (Wildman–Crippen LogP) is 2.75. The van der Waals surface area contributed by atoms with Crippen LogP contribution in [0, 0.1) is 6.92 Å². The molecule has 2 aromatic rings. The molecule has 0 radical (unpaired) electrons. The Morgan fingerprint density at radius 1 is 1.11 bits per heavy atom. The molecule has 0 spiro atoms. The molecule has 0 unspecified atom stereocenters. The fraction of sp³-hybridized carbons (Fsp3) is 0.385. The molecule has 2 N–H and O–H groups in total. The molecule has 1 saturated heterocycles. The topological polar surface area (TPSA) is 149 Å². The number of aliphatic hydroxyl groups is 1. The van der Waals surface area contributed by atoms with Crippen molar-refractivity contribution in [3.8, 4) is 11.5 Å². The monoisotopic (exact) mass is 532 g/mol.